The molecule has 6 nitrogen and oxygen atoms in total. The van der Waals surface area contributed by atoms with E-state index < -0.39 is 27.6 Å². The van der Waals surface area contributed by atoms with E-state index in [9.17, 15) is 21.6 Å². The van der Waals surface area contributed by atoms with Crippen LogP contribution in [-0.4, -0.2) is 42.3 Å². The molecule has 1 heterocycles. The van der Waals surface area contributed by atoms with Crippen molar-refractivity contribution in [2.45, 2.75) is 11.1 Å². The van der Waals surface area contributed by atoms with Crippen LogP contribution in [0, 0.1) is 0 Å². The minimum absolute atomic E-state index is 0.181. The van der Waals surface area contributed by atoms with Gasteiger partial charge in [0.05, 0.1) is 0 Å². The summed E-state index contributed by atoms with van der Waals surface area (Å²) in [5, 5.41) is 3.56. The van der Waals surface area contributed by atoms with E-state index in [1.807, 2.05) is 0 Å². The van der Waals surface area contributed by atoms with Gasteiger partial charge in [0.15, 0.2) is 5.82 Å². The predicted molar refractivity (Wildman–Crippen MR) is 53.5 cm³/mol. The highest BCUT2D eigenvalue weighted by molar-refractivity contribution is 7.89. The lowest BCUT2D eigenvalue weighted by Gasteiger charge is -2.17. The third kappa shape index (κ3) is 3.09. The fourth-order valence-electron chi connectivity index (χ4n) is 1.19. The van der Waals surface area contributed by atoms with E-state index in [1.165, 1.54) is 7.05 Å². The molecule has 0 saturated carbocycles. The van der Waals surface area contributed by atoms with E-state index >= 15 is 0 Å². The van der Waals surface area contributed by atoms with Gasteiger partial charge in [-0.15, -0.1) is 0 Å². The third-order valence-electron chi connectivity index (χ3n) is 1.91. The van der Waals surface area contributed by atoms with Gasteiger partial charge in [0.2, 0.25) is 10.0 Å². The maximum atomic E-state index is 12.1. The molecule has 1 aromatic rings. The summed E-state index contributed by atoms with van der Waals surface area (Å²) in [6.07, 6.45) is -3.56. The molecule has 0 aromatic carbocycles. The lowest BCUT2D eigenvalue weighted by molar-refractivity contribution is -0.134. The van der Waals surface area contributed by atoms with Crippen LogP contribution >= 0.6 is 0 Å². The van der Waals surface area contributed by atoms with E-state index in [0.29, 0.717) is 0 Å². The first-order chi connectivity index (χ1) is 7.54. The number of hydrogen-bond acceptors (Lipinski definition) is 4. The van der Waals surface area contributed by atoms with E-state index in [-0.39, 0.29) is 10.1 Å². The van der Waals surface area contributed by atoms with Crippen molar-refractivity contribution < 1.29 is 21.6 Å². The van der Waals surface area contributed by atoms with Crippen molar-refractivity contribution in [3.05, 3.63) is 6.20 Å². The molecule has 0 unspecified atom stereocenters. The van der Waals surface area contributed by atoms with Gasteiger partial charge >= 0.3 is 6.18 Å². The van der Waals surface area contributed by atoms with Crippen LogP contribution in [0.4, 0.5) is 19.0 Å². The molecule has 0 atom stereocenters. The number of hydrogen-bond donors (Lipinski definition) is 1. The van der Waals surface area contributed by atoms with Crippen LogP contribution < -0.4 is 5.73 Å². The Morgan fingerprint density at radius 2 is 2.06 bits per heavy atom. The second kappa shape index (κ2) is 4.18. The van der Waals surface area contributed by atoms with Crippen LogP contribution in [0.3, 0.4) is 0 Å². The molecule has 0 bridgehead atoms. The Morgan fingerprint density at radius 3 is 2.41 bits per heavy atom. The first-order valence-corrected chi connectivity index (χ1v) is 5.80. The number of nitrogens with two attached hydrogens (primary N) is 1. The highest BCUT2D eigenvalue weighted by Crippen LogP contribution is 2.23. The highest BCUT2D eigenvalue weighted by Gasteiger charge is 2.36. The minimum Gasteiger partial charge on any atom is -0.381 e. The van der Waals surface area contributed by atoms with Gasteiger partial charge in [-0.2, -0.15) is 22.6 Å². The van der Waals surface area contributed by atoms with Crippen LogP contribution in [0.25, 0.3) is 0 Å². The number of halogens is 3. The summed E-state index contributed by atoms with van der Waals surface area (Å²) in [5.41, 5.74) is 5.31. The molecule has 0 amide bonds. The van der Waals surface area contributed by atoms with E-state index in [2.05, 4.69) is 5.10 Å². The molecule has 0 aliphatic heterocycles. The molecule has 10 heteroatoms. The average molecular weight is 272 g/mol. The molecule has 0 aliphatic carbocycles. The van der Waals surface area contributed by atoms with Crippen LogP contribution in [0.5, 0.6) is 0 Å². The molecule has 0 fully saturated rings. The Kier molecular flexibility index (Phi) is 3.39. The second-order valence-electron chi connectivity index (χ2n) is 3.43. The molecule has 0 radical (unpaired) electrons. The van der Waals surface area contributed by atoms with Gasteiger partial charge in [0.25, 0.3) is 0 Å². The summed E-state index contributed by atoms with van der Waals surface area (Å²) in [5.74, 6) is -0.332. The van der Waals surface area contributed by atoms with Crippen molar-refractivity contribution in [2.75, 3.05) is 19.3 Å². The number of nitrogens with zero attached hydrogens (tertiary/aromatic N) is 3. The Hall–Kier alpha value is -1.29. The largest absolute Gasteiger partial charge is 0.402 e. The standard InChI is InChI=1S/C7H11F3N4O2S/c1-13-3-5(6(11)12-13)17(15,16)14(2)4-7(8,9)10/h3H,4H2,1-2H3,(H2,11,12). The van der Waals surface area contributed by atoms with Gasteiger partial charge in [0, 0.05) is 20.3 Å². The van der Waals surface area contributed by atoms with E-state index in [4.69, 9.17) is 5.73 Å². The number of sulfonamides is 1. The Labute approximate surface area is 95.9 Å². The summed E-state index contributed by atoms with van der Waals surface area (Å²) < 4.78 is 61.1. The summed E-state index contributed by atoms with van der Waals surface area (Å²) in [7, 11) is -2.03. The minimum atomic E-state index is -4.61. The average Bonchev–Trinajstić information content (AvgIpc) is 2.42. The predicted octanol–water partition coefficient (Wildman–Crippen LogP) is 0.185. The summed E-state index contributed by atoms with van der Waals surface area (Å²) in [4.78, 5) is -0.438. The molecule has 0 saturated heterocycles. The first kappa shape index (κ1) is 13.8. The molecule has 98 valence electrons. The lowest BCUT2D eigenvalue weighted by Crippen LogP contribution is -2.36. The van der Waals surface area contributed by atoms with Crippen molar-refractivity contribution in [3.63, 3.8) is 0 Å². The molecular formula is C7H11F3N4O2S. The quantitative estimate of drug-likeness (QED) is 0.851. The normalized spacial score (nSPS) is 13.3. The molecule has 0 spiro atoms. The summed E-state index contributed by atoms with van der Waals surface area (Å²) in [6.45, 7) is -1.58. The Morgan fingerprint density at radius 1 is 1.53 bits per heavy atom. The van der Waals surface area contributed by atoms with Gasteiger partial charge in [-0.1, -0.05) is 0 Å². The van der Waals surface area contributed by atoms with Crippen molar-refractivity contribution in [1.82, 2.24) is 14.1 Å². The van der Waals surface area contributed by atoms with Crippen molar-refractivity contribution >= 4 is 15.8 Å². The van der Waals surface area contributed by atoms with Gasteiger partial charge in [-0.3, -0.25) is 4.68 Å². The topological polar surface area (TPSA) is 81.2 Å². The van der Waals surface area contributed by atoms with Crippen LogP contribution in [0.2, 0.25) is 0 Å². The summed E-state index contributed by atoms with van der Waals surface area (Å²) in [6, 6.07) is 0. The maximum Gasteiger partial charge on any atom is 0.402 e. The van der Waals surface area contributed by atoms with Crippen LogP contribution in [0.1, 0.15) is 0 Å². The van der Waals surface area contributed by atoms with E-state index in [1.54, 1.807) is 0 Å². The Bertz CT molecular complexity index is 508. The fraction of sp³-hybridized carbons (Fsp3) is 0.571. The number of alkyl halides is 3. The molecule has 2 N–H and O–H groups in total. The summed E-state index contributed by atoms with van der Waals surface area (Å²) >= 11 is 0. The van der Waals surface area contributed by atoms with Gasteiger partial charge in [-0.05, 0) is 0 Å². The first-order valence-electron chi connectivity index (χ1n) is 4.36. The van der Waals surface area contributed by atoms with E-state index in [0.717, 1.165) is 17.9 Å². The molecule has 0 aliphatic rings. The van der Waals surface area contributed by atoms with Crippen molar-refractivity contribution in [2.24, 2.45) is 7.05 Å². The van der Waals surface area contributed by atoms with Crippen LogP contribution in [0.15, 0.2) is 11.1 Å². The molecule has 1 aromatic heterocycles. The van der Waals surface area contributed by atoms with Crippen LogP contribution in [-0.2, 0) is 17.1 Å². The molecule has 17 heavy (non-hydrogen) atoms. The second-order valence-corrected chi connectivity index (χ2v) is 5.44. The molecule has 1 rings (SSSR count). The van der Waals surface area contributed by atoms with Gasteiger partial charge < -0.3 is 5.73 Å². The SMILES string of the molecule is CN(CC(F)(F)F)S(=O)(=O)c1cn(C)nc1N. The zero-order valence-corrected chi connectivity index (χ0v) is 9.88. The number of nitrogen functional groups attached to an aromatic ring is 1. The number of rotatable bonds is 3. The lowest BCUT2D eigenvalue weighted by atomic mass is 10.6. The number of aryl methyl sites for hydroxylation is 1. The van der Waals surface area contributed by atoms with Crippen molar-refractivity contribution in [1.29, 1.82) is 0 Å². The van der Waals surface area contributed by atoms with Gasteiger partial charge in [0.1, 0.15) is 11.4 Å². The van der Waals surface area contributed by atoms with Gasteiger partial charge in [-0.25, -0.2) is 8.42 Å². The maximum absolute atomic E-state index is 12.1. The third-order valence-corrected chi connectivity index (χ3v) is 3.73. The zero-order valence-electron chi connectivity index (χ0n) is 9.06. The Balaban J connectivity index is 3.08. The smallest absolute Gasteiger partial charge is 0.381 e. The number of anilines is 1. The monoisotopic (exact) mass is 272 g/mol. The fourth-order valence-corrected chi connectivity index (χ4v) is 2.43. The molecular weight excluding hydrogens is 261 g/mol. The highest BCUT2D eigenvalue weighted by atomic mass is 32.2. The zero-order chi connectivity index (χ0) is 13.4. The van der Waals surface area contributed by atoms with Crippen molar-refractivity contribution in [3.8, 4) is 0 Å². The number of aromatic nitrogens is 2.